The van der Waals surface area contributed by atoms with Gasteiger partial charge in [0, 0.05) is 17.4 Å². The lowest BCUT2D eigenvalue weighted by molar-refractivity contribution is 0.372. The van der Waals surface area contributed by atoms with Crippen molar-refractivity contribution >= 4 is 38.2 Å². The van der Waals surface area contributed by atoms with E-state index in [-0.39, 0.29) is 10.9 Å². The van der Waals surface area contributed by atoms with Crippen molar-refractivity contribution in [2.24, 2.45) is 5.10 Å². The molecule has 1 aliphatic heterocycles. The minimum Gasteiger partial charge on any atom is -0.494 e. The summed E-state index contributed by atoms with van der Waals surface area (Å²) in [5, 5.41) is 5.56. The number of hydrogen-bond acceptors (Lipinski definition) is 5. The van der Waals surface area contributed by atoms with Gasteiger partial charge in [-0.05, 0) is 31.5 Å². The number of aromatic nitrogens is 1. The second kappa shape index (κ2) is 7.89. The smallest absolute Gasteiger partial charge is 0.250 e. The number of fused-ring (bicyclic) bond motifs is 1. The van der Waals surface area contributed by atoms with Gasteiger partial charge in [-0.15, -0.1) is 0 Å². The molecule has 1 aromatic heterocycles. The number of rotatable bonds is 5. The number of ether oxygens (including phenoxy) is 1. The largest absolute Gasteiger partial charge is 0.494 e. The molecule has 0 radical (unpaired) electrons. The number of para-hydroxylation sites is 1. The fraction of sp³-hybridized carbons (Fsp3) is 0.273. The molecule has 2 heterocycles. The molecular formula is C22H22ClN3O3S. The monoisotopic (exact) mass is 443 g/mol. The SMILES string of the molecule is CCS(=O)(=O)N1N=C(c2ccc(C)cc2)C[C@H]1c1cc2cccc(OC)c2nc1Cl. The molecule has 0 unspecified atom stereocenters. The Hall–Kier alpha value is -2.64. The highest BCUT2D eigenvalue weighted by atomic mass is 35.5. The average Bonchev–Trinajstić information content (AvgIpc) is 3.19. The summed E-state index contributed by atoms with van der Waals surface area (Å²) >= 11 is 6.55. The first-order valence-electron chi connectivity index (χ1n) is 9.64. The van der Waals surface area contributed by atoms with Crippen molar-refractivity contribution in [2.75, 3.05) is 12.9 Å². The van der Waals surface area contributed by atoms with Crippen LogP contribution < -0.4 is 4.74 Å². The third kappa shape index (κ3) is 3.63. The maximum atomic E-state index is 12.8. The van der Waals surface area contributed by atoms with E-state index in [1.54, 1.807) is 14.0 Å². The maximum absolute atomic E-state index is 12.8. The Balaban J connectivity index is 1.82. The summed E-state index contributed by atoms with van der Waals surface area (Å²) in [7, 11) is -2.02. The summed E-state index contributed by atoms with van der Waals surface area (Å²) in [5.74, 6) is 0.558. The van der Waals surface area contributed by atoms with Crippen molar-refractivity contribution in [3.63, 3.8) is 0 Å². The highest BCUT2D eigenvalue weighted by molar-refractivity contribution is 7.89. The molecule has 0 amide bonds. The molecule has 0 fully saturated rings. The number of benzene rings is 2. The number of sulfonamides is 1. The molecule has 0 saturated heterocycles. The molecule has 0 saturated carbocycles. The fourth-order valence-corrected chi connectivity index (χ4v) is 4.92. The zero-order valence-corrected chi connectivity index (χ0v) is 18.5. The summed E-state index contributed by atoms with van der Waals surface area (Å²) in [6.45, 7) is 3.61. The standard InChI is InChI=1S/C22H22ClN3O3S/c1-4-30(27,28)26-19(13-18(25-26)15-10-8-14(2)9-11-15)17-12-16-6-5-7-20(29-3)21(16)24-22(17)23/h5-12,19H,4,13H2,1-3H3/t19-/m0/s1. The third-order valence-corrected chi connectivity index (χ3v) is 7.21. The fourth-order valence-electron chi connectivity index (χ4n) is 3.59. The molecule has 1 aliphatic rings. The number of nitrogens with zero attached hydrogens (tertiary/aromatic N) is 3. The van der Waals surface area contributed by atoms with Crippen LogP contribution in [0.2, 0.25) is 5.15 Å². The van der Waals surface area contributed by atoms with Crippen molar-refractivity contribution in [2.45, 2.75) is 26.3 Å². The predicted molar refractivity (Wildman–Crippen MR) is 120 cm³/mol. The highest BCUT2D eigenvalue weighted by Crippen LogP contribution is 2.39. The number of aryl methyl sites for hydroxylation is 1. The van der Waals surface area contributed by atoms with Gasteiger partial charge in [-0.2, -0.15) is 9.52 Å². The first kappa shape index (κ1) is 20.6. The van der Waals surface area contributed by atoms with E-state index in [1.807, 2.05) is 55.5 Å². The summed E-state index contributed by atoms with van der Waals surface area (Å²) in [6, 6.07) is 14.8. The molecule has 3 aromatic rings. The molecule has 0 bridgehead atoms. The van der Waals surface area contributed by atoms with Gasteiger partial charge >= 0.3 is 0 Å². The third-order valence-electron chi connectivity index (χ3n) is 5.28. The zero-order valence-electron chi connectivity index (χ0n) is 17.0. The van der Waals surface area contributed by atoms with Crippen molar-refractivity contribution < 1.29 is 13.2 Å². The summed E-state index contributed by atoms with van der Waals surface area (Å²) in [5.41, 5.74) is 3.99. The van der Waals surface area contributed by atoms with Gasteiger partial charge in [-0.25, -0.2) is 13.4 Å². The Morgan fingerprint density at radius 1 is 1.20 bits per heavy atom. The second-order valence-corrected chi connectivity index (χ2v) is 9.68. The molecule has 0 spiro atoms. The van der Waals surface area contributed by atoms with Gasteiger partial charge in [0.1, 0.15) is 16.4 Å². The van der Waals surface area contributed by atoms with Gasteiger partial charge in [-0.3, -0.25) is 0 Å². The lowest BCUT2D eigenvalue weighted by Gasteiger charge is -2.23. The van der Waals surface area contributed by atoms with Crippen molar-refractivity contribution in [1.29, 1.82) is 0 Å². The van der Waals surface area contributed by atoms with E-state index in [9.17, 15) is 8.42 Å². The quantitative estimate of drug-likeness (QED) is 0.535. The average molecular weight is 444 g/mol. The van der Waals surface area contributed by atoms with E-state index in [0.717, 1.165) is 16.5 Å². The predicted octanol–water partition coefficient (Wildman–Crippen LogP) is 4.71. The van der Waals surface area contributed by atoms with Crippen LogP contribution in [0.4, 0.5) is 0 Å². The van der Waals surface area contributed by atoms with E-state index in [0.29, 0.717) is 29.0 Å². The Morgan fingerprint density at radius 2 is 1.93 bits per heavy atom. The Bertz CT molecular complexity index is 1240. The topological polar surface area (TPSA) is 71.9 Å². The van der Waals surface area contributed by atoms with E-state index < -0.39 is 16.1 Å². The van der Waals surface area contributed by atoms with Gasteiger partial charge in [0.25, 0.3) is 0 Å². The van der Waals surface area contributed by atoms with Crippen LogP contribution in [0.3, 0.4) is 0 Å². The minimum absolute atomic E-state index is 0.0549. The molecule has 2 aromatic carbocycles. The van der Waals surface area contributed by atoms with Crippen LogP contribution in [0.25, 0.3) is 10.9 Å². The van der Waals surface area contributed by atoms with Crippen LogP contribution in [0.1, 0.15) is 36.1 Å². The van der Waals surface area contributed by atoms with Gasteiger partial charge in [-0.1, -0.05) is 53.6 Å². The van der Waals surface area contributed by atoms with Crippen LogP contribution in [-0.4, -0.2) is 36.4 Å². The van der Waals surface area contributed by atoms with Gasteiger partial charge in [0.2, 0.25) is 10.0 Å². The van der Waals surface area contributed by atoms with E-state index in [2.05, 4.69) is 10.1 Å². The van der Waals surface area contributed by atoms with Crippen molar-refractivity contribution in [1.82, 2.24) is 9.40 Å². The molecular weight excluding hydrogens is 422 g/mol. The van der Waals surface area contributed by atoms with E-state index >= 15 is 0 Å². The zero-order chi connectivity index (χ0) is 21.5. The maximum Gasteiger partial charge on any atom is 0.250 e. The molecule has 6 nitrogen and oxygen atoms in total. The summed E-state index contributed by atoms with van der Waals surface area (Å²) < 4.78 is 32.2. The van der Waals surface area contributed by atoms with Gasteiger partial charge in [0.05, 0.1) is 24.6 Å². The first-order valence-corrected chi connectivity index (χ1v) is 11.6. The Labute approximate surface area is 181 Å². The second-order valence-electron chi connectivity index (χ2n) is 7.21. The van der Waals surface area contributed by atoms with Gasteiger partial charge in [0.15, 0.2) is 0 Å². The van der Waals surface area contributed by atoms with Gasteiger partial charge < -0.3 is 4.74 Å². The first-order chi connectivity index (χ1) is 14.3. The number of methoxy groups -OCH3 is 1. The molecule has 4 rings (SSSR count). The van der Waals surface area contributed by atoms with Crippen LogP contribution in [-0.2, 0) is 10.0 Å². The molecule has 156 valence electrons. The molecule has 0 aliphatic carbocycles. The van der Waals surface area contributed by atoms with Crippen molar-refractivity contribution in [3.05, 3.63) is 70.4 Å². The van der Waals surface area contributed by atoms with Crippen LogP contribution in [0, 0.1) is 6.92 Å². The summed E-state index contributed by atoms with van der Waals surface area (Å²) in [6.07, 6.45) is 0.416. The summed E-state index contributed by atoms with van der Waals surface area (Å²) in [4.78, 5) is 4.51. The minimum atomic E-state index is -3.59. The number of halogens is 1. The van der Waals surface area contributed by atoms with Crippen LogP contribution >= 0.6 is 11.6 Å². The lowest BCUT2D eigenvalue weighted by atomic mass is 9.98. The van der Waals surface area contributed by atoms with Crippen LogP contribution in [0.15, 0.2) is 53.6 Å². The normalized spacial score (nSPS) is 16.7. The van der Waals surface area contributed by atoms with E-state index in [4.69, 9.17) is 16.3 Å². The van der Waals surface area contributed by atoms with E-state index in [1.165, 1.54) is 4.41 Å². The lowest BCUT2D eigenvalue weighted by Crippen LogP contribution is -2.28. The number of pyridine rings is 1. The Morgan fingerprint density at radius 3 is 2.60 bits per heavy atom. The highest BCUT2D eigenvalue weighted by Gasteiger charge is 2.37. The molecule has 8 heteroatoms. The van der Waals surface area contributed by atoms with Crippen LogP contribution in [0.5, 0.6) is 5.75 Å². The number of hydrazone groups is 1. The molecule has 0 N–H and O–H groups in total. The van der Waals surface area contributed by atoms with Crippen molar-refractivity contribution in [3.8, 4) is 5.75 Å². The molecule has 1 atom stereocenters. The number of hydrogen-bond donors (Lipinski definition) is 0. The molecule has 30 heavy (non-hydrogen) atoms. The Kier molecular flexibility index (Phi) is 5.42.